The summed E-state index contributed by atoms with van der Waals surface area (Å²) in [6, 6.07) is 8.10. The number of nitrogens with one attached hydrogen (secondary N) is 1. The first-order valence-corrected chi connectivity index (χ1v) is 12.5. The molecule has 6 heteroatoms. The molecule has 1 saturated carbocycles. The minimum absolute atomic E-state index is 0.0972. The molecule has 6 nitrogen and oxygen atoms in total. The second-order valence-corrected chi connectivity index (χ2v) is 9.32. The molecule has 32 heavy (non-hydrogen) atoms. The fourth-order valence-corrected chi connectivity index (χ4v) is 5.00. The summed E-state index contributed by atoms with van der Waals surface area (Å²) < 4.78 is 8.33. The largest absolute Gasteiger partial charge is 0.493 e. The van der Waals surface area contributed by atoms with Gasteiger partial charge in [-0.25, -0.2) is 9.99 Å². The fourth-order valence-electron chi connectivity index (χ4n) is 5.00. The maximum absolute atomic E-state index is 13.2. The zero-order chi connectivity index (χ0) is 22.3. The Hall–Kier alpha value is -2.34. The van der Waals surface area contributed by atoms with Crippen LogP contribution in [0.1, 0.15) is 80.9 Å². The molecule has 0 radical (unpaired) electrons. The lowest BCUT2D eigenvalue weighted by atomic mass is 9.89. The third kappa shape index (κ3) is 5.34. The van der Waals surface area contributed by atoms with Crippen LogP contribution in [0.15, 0.2) is 24.3 Å². The smallest absolute Gasteiger partial charge is 0.286 e. The molecule has 4 rings (SSSR count). The number of para-hydroxylation sites is 1. The number of hydrogen-bond donors (Lipinski definition) is 1. The molecule has 0 unspecified atom stereocenters. The van der Waals surface area contributed by atoms with Crippen LogP contribution in [-0.2, 0) is 6.54 Å². The van der Waals surface area contributed by atoms with Gasteiger partial charge >= 0.3 is 0 Å². The molecule has 2 aliphatic rings. The van der Waals surface area contributed by atoms with Crippen LogP contribution in [0.4, 0.5) is 0 Å². The first-order valence-electron chi connectivity index (χ1n) is 12.5. The van der Waals surface area contributed by atoms with Gasteiger partial charge in [0.05, 0.1) is 12.2 Å². The highest BCUT2D eigenvalue weighted by molar-refractivity contribution is 5.94. The van der Waals surface area contributed by atoms with Gasteiger partial charge in [0.1, 0.15) is 11.6 Å². The highest BCUT2D eigenvalue weighted by atomic mass is 16.5. The summed E-state index contributed by atoms with van der Waals surface area (Å²) in [6.45, 7) is 7.55. The minimum Gasteiger partial charge on any atom is -0.493 e. The Kier molecular flexibility index (Phi) is 7.85. The van der Waals surface area contributed by atoms with Crippen molar-refractivity contribution in [2.75, 3.05) is 19.7 Å². The Morgan fingerprint density at radius 2 is 1.81 bits per heavy atom. The van der Waals surface area contributed by atoms with Crippen molar-refractivity contribution in [3.63, 3.8) is 0 Å². The molecule has 2 aromatic rings. The van der Waals surface area contributed by atoms with E-state index in [4.69, 9.17) is 9.72 Å². The number of rotatable bonds is 8. The Bertz CT molecular complexity index is 895. The topological polar surface area (TPSA) is 59.4 Å². The number of benzene rings is 1. The van der Waals surface area contributed by atoms with E-state index in [9.17, 15) is 4.79 Å². The quantitative estimate of drug-likeness (QED) is 0.603. The van der Waals surface area contributed by atoms with Gasteiger partial charge in [-0.05, 0) is 57.1 Å². The van der Waals surface area contributed by atoms with E-state index in [1.165, 1.54) is 38.5 Å². The monoisotopic (exact) mass is 438 g/mol. The second-order valence-electron chi connectivity index (χ2n) is 9.32. The summed E-state index contributed by atoms with van der Waals surface area (Å²) in [4.78, 5) is 18.1. The van der Waals surface area contributed by atoms with Crippen molar-refractivity contribution in [2.24, 2.45) is 5.92 Å². The zero-order valence-electron chi connectivity index (χ0n) is 19.7. The maximum atomic E-state index is 13.2. The van der Waals surface area contributed by atoms with Crippen molar-refractivity contribution in [2.45, 2.75) is 78.2 Å². The number of amides is 1. The Balaban J connectivity index is 1.67. The lowest BCUT2D eigenvalue weighted by molar-refractivity contribution is 0.0744. The van der Waals surface area contributed by atoms with Crippen molar-refractivity contribution >= 4 is 5.91 Å². The maximum Gasteiger partial charge on any atom is 0.286 e. The lowest BCUT2D eigenvalue weighted by Gasteiger charge is -2.26. The van der Waals surface area contributed by atoms with Crippen LogP contribution in [-0.4, -0.2) is 40.2 Å². The van der Waals surface area contributed by atoms with Crippen LogP contribution in [0.5, 0.6) is 5.75 Å². The molecule has 1 amide bonds. The Morgan fingerprint density at radius 1 is 1.09 bits per heavy atom. The number of imidazole rings is 1. The molecule has 1 aromatic heterocycles. The number of carbonyl (C=O) groups excluding carboxylic acids is 1. The normalized spacial score (nSPS) is 17.9. The first-order chi connectivity index (χ1) is 15.7. The second kappa shape index (κ2) is 11.0. The molecular weight excluding hydrogens is 400 g/mol. The summed E-state index contributed by atoms with van der Waals surface area (Å²) in [5.74, 6) is 2.23. The van der Waals surface area contributed by atoms with E-state index in [-0.39, 0.29) is 5.91 Å². The van der Waals surface area contributed by atoms with Gasteiger partial charge < -0.3 is 9.30 Å². The molecule has 1 saturated heterocycles. The molecule has 1 aliphatic heterocycles. The third-order valence-electron chi connectivity index (χ3n) is 6.81. The van der Waals surface area contributed by atoms with Gasteiger partial charge in [0.25, 0.3) is 5.91 Å². The molecule has 1 aliphatic carbocycles. The predicted molar refractivity (Wildman–Crippen MR) is 128 cm³/mol. The average molecular weight is 439 g/mol. The minimum atomic E-state index is -0.0972. The molecule has 0 atom stereocenters. The molecule has 1 aromatic carbocycles. The van der Waals surface area contributed by atoms with E-state index in [1.54, 1.807) is 0 Å². The van der Waals surface area contributed by atoms with Crippen LogP contribution in [0.25, 0.3) is 11.4 Å². The summed E-state index contributed by atoms with van der Waals surface area (Å²) in [5, 5.41) is 2.05. The van der Waals surface area contributed by atoms with Crippen LogP contribution < -0.4 is 10.2 Å². The van der Waals surface area contributed by atoms with Gasteiger partial charge in [0.15, 0.2) is 5.69 Å². The van der Waals surface area contributed by atoms with Gasteiger partial charge in [-0.2, -0.15) is 0 Å². The Morgan fingerprint density at radius 3 is 2.56 bits per heavy atom. The van der Waals surface area contributed by atoms with E-state index >= 15 is 0 Å². The van der Waals surface area contributed by atoms with Crippen molar-refractivity contribution < 1.29 is 9.53 Å². The highest BCUT2D eigenvalue weighted by Gasteiger charge is 2.26. The molecule has 2 fully saturated rings. The summed E-state index contributed by atoms with van der Waals surface area (Å²) in [7, 11) is 0. The van der Waals surface area contributed by atoms with Crippen molar-refractivity contribution in [1.29, 1.82) is 0 Å². The van der Waals surface area contributed by atoms with E-state index in [0.29, 0.717) is 18.2 Å². The SMILES string of the molecule is CCCOc1ccccc1-c1nc(C(=O)NN2CCCCC2)c(C)n1CC1CCCCC1. The van der Waals surface area contributed by atoms with Gasteiger partial charge in [0, 0.05) is 25.3 Å². The van der Waals surface area contributed by atoms with Gasteiger partial charge in [-0.3, -0.25) is 10.2 Å². The van der Waals surface area contributed by atoms with Crippen molar-refractivity contribution in [3.05, 3.63) is 35.7 Å². The number of carbonyl (C=O) groups is 1. The van der Waals surface area contributed by atoms with E-state index in [1.807, 2.05) is 30.1 Å². The van der Waals surface area contributed by atoms with Crippen LogP contribution in [0, 0.1) is 12.8 Å². The summed E-state index contributed by atoms with van der Waals surface area (Å²) >= 11 is 0. The standard InChI is InChI=1S/C26H38N4O2/c1-3-18-32-23-15-9-8-14-22(23)25-27-24(26(31)28-29-16-10-5-11-17-29)20(2)30(25)19-21-12-6-4-7-13-21/h8-9,14-15,21H,3-7,10-13,16-19H2,1-2H3,(H,28,31). The Labute approximate surface area is 192 Å². The van der Waals surface area contributed by atoms with E-state index < -0.39 is 0 Å². The molecule has 0 bridgehead atoms. The molecular formula is C26H38N4O2. The zero-order valence-corrected chi connectivity index (χ0v) is 19.7. The van der Waals surface area contributed by atoms with Gasteiger partial charge in [-0.1, -0.05) is 44.7 Å². The number of aromatic nitrogens is 2. The van der Waals surface area contributed by atoms with Crippen molar-refractivity contribution in [1.82, 2.24) is 20.0 Å². The van der Waals surface area contributed by atoms with Gasteiger partial charge in [0.2, 0.25) is 0 Å². The van der Waals surface area contributed by atoms with E-state index in [0.717, 1.165) is 61.7 Å². The number of piperidine rings is 1. The molecule has 174 valence electrons. The van der Waals surface area contributed by atoms with Crippen LogP contribution in [0.2, 0.25) is 0 Å². The number of ether oxygens (including phenoxy) is 1. The number of hydrogen-bond acceptors (Lipinski definition) is 4. The fraction of sp³-hybridized carbons (Fsp3) is 0.615. The van der Waals surface area contributed by atoms with Crippen LogP contribution >= 0.6 is 0 Å². The molecule has 1 N–H and O–H groups in total. The first kappa shape index (κ1) is 22.8. The molecule has 2 heterocycles. The molecule has 0 spiro atoms. The summed E-state index contributed by atoms with van der Waals surface area (Å²) in [5.41, 5.74) is 5.56. The summed E-state index contributed by atoms with van der Waals surface area (Å²) in [6.07, 6.45) is 10.9. The lowest BCUT2D eigenvalue weighted by Crippen LogP contribution is -2.45. The average Bonchev–Trinajstić information content (AvgIpc) is 3.15. The van der Waals surface area contributed by atoms with Gasteiger partial charge in [-0.15, -0.1) is 0 Å². The van der Waals surface area contributed by atoms with Crippen LogP contribution in [0.3, 0.4) is 0 Å². The number of nitrogens with zero attached hydrogens (tertiary/aromatic N) is 3. The third-order valence-corrected chi connectivity index (χ3v) is 6.81. The van der Waals surface area contributed by atoms with Crippen molar-refractivity contribution in [3.8, 4) is 17.1 Å². The highest BCUT2D eigenvalue weighted by Crippen LogP contribution is 2.33. The predicted octanol–water partition coefficient (Wildman–Crippen LogP) is 5.36. The number of hydrazine groups is 1. The van der Waals surface area contributed by atoms with E-state index in [2.05, 4.69) is 23.0 Å².